The molecule has 1 heterocycles. The second-order valence-electron chi connectivity index (χ2n) is 3.80. The fraction of sp³-hybridized carbons (Fsp3) is 0.0769. The summed E-state index contributed by atoms with van der Waals surface area (Å²) in [6.45, 7) is 0.317. The molecule has 0 aliphatic heterocycles. The summed E-state index contributed by atoms with van der Waals surface area (Å²) in [5.41, 5.74) is 12.6. The highest BCUT2D eigenvalue weighted by molar-refractivity contribution is 5.92. The number of carbonyl (C=O) groups is 1. The van der Waals surface area contributed by atoms with Crippen molar-refractivity contribution < 1.29 is 9.53 Å². The Morgan fingerprint density at radius 1 is 1.22 bits per heavy atom. The second-order valence-corrected chi connectivity index (χ2v) is 3.80. The standard InChI is InChI=1S/C13H13N3O2/c14-11-1-3-12(4-2-11)18-8-9-5-10(13(15)17)7-16-6-9/h1-7H,8,14H2,(H2,15,17). The van der Waals surface area contributed by atoms with Gasteiger partial charge in [0.2, 0.25) is 5.91 Å². The van der Waals surface area contributed by atoms with Crippen molar-refractivity contribution in [2.75, 3.05) is 5.73 Å². The maximum Gasteiger partial charge on any atom is 0.250 e. The number of anilines is 1. The molecule has 0 aliphatic rings. The zero-order valence-electron chi connectivity index (χ0n) is 9.67. The van der Waals surface area contributed by atoms with Gasteiger partial charge in [-0.2, -0.15) is 0 Å². The number of carbonyl (C=O) groups excluding carboxylic acids is 1. The van der Waals surface area contributed by atoms with Gasteiger partial charge in [0.25, 0.3) is 0 Å². The topological polar surface area (TPSA) is 91.2 Å². The van der Waals surface area contributed by atoms with Crippen LogP contribution in [0.25, 0.3) is 0 Å². The Morgan fingerprint density at radius 2 is 1.94 bits per heavy atom. The quantitative estimate of drug-likeness (QED) is 0.793. The van der Waals surface area contributed by atoms with Gasteiger partial charge in [0.15, 0.2) is 0 Å². The van der Waals surface area contributed by atoms with Crippen molar-refractivity contribution in [3.63, 3.8) is 0 Å². The van der Waals surface area contributed by atoms with Crippen molar-refractivity contribution in [1.29, 1.82) is 0 Å². The largest absolute Gasteiger partial charge is 0.489 e. The molecular formula is C13H13N3O2. The van der Waals surface area contributed by atoms with Crippen LogP contribution in [-0.2, 0) is 6.61 Å². The summed E-state index contributed by atoms with van der Waals surface area (Å²) in [5, 5.41) is 0. The zero-order chi connectivity index (χ0) is 13.0. The highest BCUT2D eigenvalue weighted by Gasteiger charge is 2.03. The van der Waals surface area contributed by atoms with Crippen LogP contribution < -0.4 is 16.2 Å². The van der Waals surface area contributed by atoms with Crippen molar-refractivity contribution in [3.05, 3.63) is 53.9 Å². The molecule has 0 fully saturated rings. The van der Waals surface area contributed by atoms with Crippen LogP contribution in [0.3, 0.4) is 0 Å². The number of nitrogens with zero attached hydrogens (tertiary/aromatic N) is 1. The summed E-state index contributed by atoms with van der Waals surface area (Å²) >= 11 is 0. The molecule has 5 nitrogen and oxygen atoms in total. The van der Waals surface area contributed by atoms with E-state index >= 15 is 0 Å². The first kappa shape index (κ1) is 11.9. The van der Waals surface area contributed by atoms with Gasteiger partial charge in [-0.25, -0.2) is 0 Å². The molecule has 2 rings (SSSR count). The van der Waals surface area contributed by atoms with E-state index in [9.17, 15) is 4.79 Å². The lowest BCUT2D eigenvalue weighted by Crippen LogP contribution is -2.12. The van der Waals surface area contributed by atoms with Crippen LogP contribution >= 0.6 is 0 Å². The van der Waals surface area contributed by atoms with Gasteiger partial charge in [0.1, 0.15) is 12.4 Å². The van der Waals surface area contributed by atoms with Gasteiger partial charge in [0.05, 0.1) is 5.56 Å². The van der Waals surface area contributed by atoms with E-state index in [0.29, 0.717) is 23.6 Å². The molecule has 0 aliphatic carbocycles. The first-order valence-corrected chi connectivity index (χ1v) is 5.37. The number of nitrogens with two attached hydrogens (primary N) is 2. The highest BCUT2D eigenvalue weighted by atomic mass is 16.5. The monoisotopic (exact) mass is 243 g/mol. The van der Waals surface area contributed by atoms with Gasteiger partial charge in [-0.3, -0.25) is 9.78 Å². The van der Waals surface area contributed by atoms with E-state index < -0.39 is 5.91 Å². The van der Waals surface area contributed by atoms with E-state index in [-0.39, 0.29) is 0 Å². The molecule has 1 amide bonds. The lowest BCUT2D eigenvalue weighted by atomic mass is 10.2. The molecule has 92 valence electrons. The molecule has 0 spiro atoms. The second kappa shape index (κ2) is 5.18. The number of nitrogen functional groups attached to an aromatic ring is 1. The number of benzene rings is 1. The number of ether oxygens (including phenoxy) is 1. The molecule has 0 bridgehead atoms. The lowest BCUT2D eigenvalue weighted by molar-refractivity contribution is 0.1000. The Bertz CT molecular complexity index is 552. The normalized spacial score (nSPS) is 10.0. The van der Waals surface area contributed by atoms with Gasteiger partial charge < -0.3 is 16.2 Å². The number of pyridine rings is 1. The Kier molecular flexibility index (Phi) is 3.43. The Labute approximate surface area is 104 Å². The van der Waals surface area contributed by atoms with Crippen molar-refractivity contribution in [3.8, 4) is 5.75 Å². The van der Waals surface area contributed by atoms with Crippen LogP contribution in [0.2, 0.25) is 0 Å². The summed E-state index contributed by atoms with van der Waals surface area (Å²) in [4.78, 5) is 14.9. The molecular weight excluding hydrogens is 230 g/mol. The van der Waals surface area contributed by atoms with Crippen molar-refractivity contribution in [1.82, 2.24) is 4.98 Å². The number of amides is 1. The van der Waals surface area contributed by atoms with Crippen LogP contribution in [0.15, 0.2) is 42.7 Å². The summed E-state index contributed by atoms with van der Waals surface area (Å²) in [6, 6.07) is 8.73. The van der Waals surface area contributed by atoms with Crippen molar-refractivity contribution in [2.24, 2.45) is 5.73 Å². The molecule has 1 aromatic carbocycles. The Balaban J connectivity index is 2.04. The van der Waals surface area contributed by atoms with Crippen LogP contribution in [0.5, 0.6) is 5.75 Å². The predicted octanol–water partition coefficient (Wildman–Crippen LogP) is 1.34. The van der Waals surface area contributed by atoms with E-state index in [2.05, 4.69) is 4.98 Å². The SMILES string of the molecule is NC(=O)c1cncc(COc2ccc(N)cc2)c1. The van der Waals surface area contributed by atoms with Crippen LogP contribution in [0.4, 0.5) is 5.69 Å². The molecule has 4 N–H and O–H groups in total. The Morgan fingerprint density at radius 3 is 2.61 bits per heavy atom. The van der Waals surface area contributed by atoms with E-state index in [1.54, 1.807) is 36.5 Å². The number of hydrogen-bond acceptors (Lipinski definition) is 4. The number of rotatable bonds is 4. The molecule has 0 radical (unpaired) electrons. The molecule has 0 atom stereocenters. The third kappa shape index (κ3) is 2.98. The summed E-state index contributed by atoms with van der Waals surface area (Å²) in [6.07, 6.45) is 3.05. The molecule has 0 unspecified atom stereocenters. The molecule has 2 aromatic rings. The van der Waals surface area contributed by atoms with Gasteiger partial charge in [-0.05, 0) is 30.3 Å². The maximum atomic E-state index is 11.0. The number of hydrogen-bond donors (Lipinski definition) is 2. The van der Waals surface area contributed by atoms with E-state index in [4.69, 9.17) is 16.2 Å². The van der Waals surface area contributed by atoms with E-state index in [1.165, 1.54) is 6.20 Å². The number of aromatic nitrogens is 1. The lowest BCUT2D eigenvalue weighted by Gasteiger charge is -2.06. The molecule has 0 saturated heterocycles. The summed E-state index contributed by atoms with van der Waals surface area (Å²) < 4.78 is 5.53. The van der Waals surface area contributed by atoms with Gasteiger partial charge in [0, 0.05) is 23.6 Å². The van der Waals surface area contributed by atoms with Gasteiger partial charge >= 0.3 is 0 Å². The third-order valence-corrected chi connectivity index (χ3v) is 2.36. The molecule has 0 saturated carbocycles. The van der Waals surface area contributed by atoms with Crippen molar-refractivity contribution >= 4 is 11.6 Å². The minimum Gasteiger partial charge on any atom is -0.489 e. The molecule has 1 aromatic heterocycles. The third-order valence-electron chi connectivity index (χ3n) is 2.36. The van der Waals surface area contributed by atoms with Gasteiger partial charge in [-0.15, -0.1) is 0 Å². The minimum absolute atomic E-state index is 0.317. The Hall–Kier alpha value is -2.56. The van der Waals surface area contributed by atoms with Gasteiger partial charge in [-0.1, -0.05) is 0 Å². The smallest absolute Gasteiger partial charge is 0.250 e. The summed E-state index contributed by atoms with van der Waals surface area (Å²) in [5.74, 6) is 0.200. The molecule has 18 heavy (non-hydrogen) atoms. The maximum absolute atomic E-state index is 11.0. The average Bonchev–Trinajstić information content (AvgIpc) is 2.38. The highest BCUT2D eigenvalue weighted by Crippen LogP contribution is 2.15. The average molecular weight is 243 g/mol. The first-order valence-electron chi connectivity index (χ1n) is 5.37. The van der Waals surface area contributed by atoms with E-state index in [1.807, 2.05) is 0 Å². The molecule has 5 heteroatoms. The van der Waals surface area contributed by atoms with Crippen molar-refractivity contribution in [2.45, 2.75) is 6.61 Å². The van der Waals surface area contributed by atoms with E-state index in [0.717, 1.165) is 5.56 Å². The summed E-state index contributed by atoms with van der Waals surface area (Å²) in [7, 11) is 0. The fourth-order valence-electron chi connectivity index (χ4n) is 1.43. The fourth-order valence-corrected chi connectivity index (χ4v) is 1.43. The van der Waals surface area contributed by atoms with Crippen LogP contribution in [0, 0.1) is 0 Å². The number of primary amides is 1. The predicted molar refractivity (Wildman–Crippen MR) is 67.9 cm³/mol. The first-order chi connectivity index (χ1) is 8.65. The van der Waals surface area contributed by atoms with Crippen LogP contribution in [0.1, 0.15) is 15.9 Å². The van der Waals surface area contributed by atoms with Crippen LogP contribution in [-0.4, -0.2) is 10.9 Å². The minimum atomic E-state index is -0.503. The zero-order valence-corrected chi connectivity index (χ0v) is 9.67.